The maximum absolute atomic E-state index is 12.7. The van der Waals surface area contributed by atoms with Crippen molar-refractivity contribution < 1.29 is 4.79 Å². The lowest BCUT2D eigenvalue weighted by atomic mass is 9.89. The van der Waals surface area contributed by atoms with Gasteiger partial charge in [0.25, 0.3) is 5.91 Å². The van der Waals surface area contributed by atoms with Gasteiger partial charge >= 0.3 is 0 Å². The summed E-state index contributed by atoms with van der Waals surface area (Å²) in [6.07, 6.45) is 0. The van der Waals surface area contributed by atoms with Crippen LogP contribution in [0.1, 0.15) is 55.4 Å². The fourth-order valence-electron chi connectivity index (χ4n) is 2.90. The summed E-state index contributed by atoms with van der Waals surface area (Å²) in [6, 6.07) is 0.475. The van der Waals surface area contributed by atoms with Crippen LogP contribution >= 0.6 is 0 Å². The molecule has 0 aromatic heterocycles. The van der Waals surface area contributed by atoms with E-state index in [1.807, 2.05) is 13.8 Å². The first-order chi connectivity index (χ1) is 8.20. The van der Waals surface area contributed by atoms with Crippen LogP contribution in [0.4, 0.5) is 0 Å². The first kappa shape index (κ1) is 15.0. The average molecular weight is 249 g/mol. The summed E-state index contributed by atoms with van der Waals surface area (Å²) >= 11 is 0. The van der Waals surface area contributed by atoms with Gasteiger partial charge in [-0.2, -0.15) is 0 Å². The van der Waals surface area contributed by atoms with E-state index in [-0.39, 0.29) is 18.0 Å². The van der Waals surface area contributed by atoms with E-state index in [1.54, 1.807) is 0 Å². The monoisotopic (exact) mass is 249 g/mol. The maximum atomic E-state index is 12.7. The molecule has 0 saturated carbocycles. The summed E-state index contributed by atoms with van der Waals surface area (Å²) in [5, 5.41) is 0. The highest BCUT2D eigenvalue weighted by Gasteiger charge is 2.43. The molecule has 1 rings (SSSR count). The van der Waals surface area contributed by atoms with E-state index in [2.05, 4.69) is 46.4 Å². The predicted molar refractivity (Wildman–Crippen MR) is 77.4 cm³/mol. The number of allylic oxidation sites excluding steroid dienone is 2. The summed E-state index contributed by atoms with van der Waals surface area (Å²) in [7, 11) is 0. The number of hydrogen-bond donors (Lipinski definition) is 0. The molecule has 102 valence electrons. The third-order valence-electron chi connectivity index (χ3n) is 3.54. The van der Waals surface area contributed by atoms with Crippen LogP contribution in [0.2, 0.25) is 0 Å². The van der Waals surface area contributed by atoms with Gasteiger partial charge in [-0.25, -0.2) is 0 Å². The Labute approximate surface area is 112 Å². The molecular formula is C16H27NO. The number of hydrogen-bond acceptors (Lipinski definition) is 1. The van der Waals surface area contributed by atoms with E-state index < -0.39 is 0 Å². The fraction of sp³-hybridized carbons (Fsp3) is 0.688. The molecule has 1 heterocycles. The molecule has 1 saturated heterocycles. The van der Waals surface area contributed by atoms with Gasteiger partial charge in [-0.05, 0) is 53.0 Å². The molecule has 1 unspecified atom stereocenters. The number of likely N-dealkylation sites (tertiary alicyclic amines) is 1. The second kappa shape index (κ2) is 5.29. The van der Waals surface area contributed by atoms with Crippen LogP contribution < -0.4 is 0 Å². The van der Waals surface area contributed by atoms with Crippen LogP contribution in [-0.2, 0) is 4.79 Å². The highest BCUT2D eigenvalue weighted by Crippen LogP contribution is 2.39. The van der Waals surface area contributed by atoms with Crippen molar-refractivity contribution >= 4 is 5.91 Å². The van der Waals surface area contributed by atoms with Crippen LogP contribution in [0.5, 0.6) is 0 Å². The van der Waals surface area contributed by atoms with Crippen LogP contribution in [0, 0.1) is 5.92 Å². The minimum Gasteiger partial charge on any atom is -0.329 e. The Morgan fingerprint density at radius 2 is 1.50 bits per heavy atom. The number of carbonyl (C=O) groups excluding carboxylic acids is 1. The zero-order valence-electron chi connectivity index (χ0n) is 13.1. The second-order valence-corrected chi connectivity index (χ2v) is 6.28. The van der Waals surface area contributed by atoms with E-state index in [9.17, 15) is 4.79 Å². The van der Waals surface area contributed by atoms with E-state index >= 15 is 0 Å². The van der Waals surface area contributed by atoms with Crippen molar-refractivity contribution in [3.63, 3.8) is 0 Å². The molecule has 18 heavy (non-hydrogen) atoms. The van der Waals surface area contributed by atoms with Crippen molar-refractivity contribution in [3.8, 4) is 0 Å². The summed E-state index contributed by atoms with van der Waals surface area (Å²) in [6.45, 7) is 16.9. The topological polar surface area (TPSA) is 20.3 Å². The predicted octanol–water partition coefficient (Wildman–Crippen LogP) is 3.93. The summed E-state index contributed by atoms with van der Waals surface area (Å²) < 4.78 is 0. The molecule has 1 aliphatic heterocycles. The van der Waals surface area contributed by atoms with Gasteiger partial charge in [0.05, 0.1) is 6.04 Å². The van der Waals surface area contributed by atoms with Gasteiger partial charge in [-0.3, -0.25) is 4.79 Å². The van der Waals surface area contributed by atoms with Crippen LogP contribution in [0.15, 0.2) is 22.3 Å². The van der Waals surface area contributed by atoms with E-state index in [1.165, 1.54) is 11.1 Å². The quantitative estimate of drug-likeness (QED) is 0.679. The molecule has 0 bridgehead atoms. The van der Waals surface area contributed by atoms with Gasteiger partial charge in [0.15, 0.2) is 0 Å². The smallest absolute Gasteiger partial charge is 0.254 e. The standard InChI is InChI=1S/C16H27NO/c1-9(2)13-14(10(3)4)16(18)17(12(7)8)15(13)11(5)6/h11-12,15H,1-8H3. The van der Waals surface area contributed by atoms with Gasteiger partial charge in [0, 0.05) is 11.6 Å². The third-order valence-corrected chi connectivity index (χ3v) is 3.54. The molecule has 1 aliphatic rings. The first-order valence-electron chi connectivity index (χ1n) is 6.88. The Morgan fingerprint density at radius 1 is 1.00 bits per heavy atom. The molecule has 2 heteroatoms. The minimum atomic E-state index is 0.208. The zero-order valence-corrected chi connectivity index (χ0v) is 13.1. The highest BCUT2D eigenvalue weighted by atomic mass is 16.2. The molecule has 0 aromatic rings. The summed E-state index contributed by atoms with van der Waals surface area (Å²) in [4.78, 5) is 14.7. The molecule has 1 amide bonds. The van der Waals surface area contributed by atoms with Crippen molar-refractivity contribution in [3.05, 3.63) is 22.3 Å². The average Bonchev–Trinajstić information content (AvgIpc) is 2.51. The molecule has 1 fully saturated rings. The number of carbonyl (C=O) groups is 1. The lowest BCUT2D eigenvalue weighted by Gasteiger charge is -2.31. The van der Waals surface area contributed by atoms with Crippen LogP contribution in [0.3, 0.4) is 0 Å². The molecule has 1 atom stereocenters. The molecule has 0 aliphatic carbocycles. The Bertz CT molecular complexity index is 405. The Kier molecular flexibility index (Phi) is 4.41. The van der Waals surface area contributed by atoms with E-state index in [0.717, 1.165) is 11.1 Å². The molecule has 0 N–H and O–H groups in total. The van der Waals surface area contributed by atoms with Gasteiger partial charge in [0.2, 0.25) is 0 Å². The number of nitrogens with zero attached hydrogens (tertiary/aromatic N) is 1. The van der Waals surface area contributed by atoms with Crippen LogP contribution in [0.25, 0.3) is 0 Å². The lowest BCUT2D eigenvalue weighted by molar-refractivity contribution is -0.128. The van der Waals surface area contributed by atoms with Crippen molar-refractivity contribution in [2.24, 2.45) is 5.92 Å². The van der Waals surface area contributed by atoms with E-state index in [4.69, 9.17) is 0 Å². The first-order valence-corrected chi connectivity index (χ1v) is 6.88. The SMILES string of the molecule is CC(C)=C1C(=O)N(C(C)C)C(C(C)C)C1=C(C)C. The molecule has 0 spiro atoms. The lowest BCUT2D eigenvalue weighted by Crippen LogP contribution is -2.42. The van der Waals surface area contributed by atoms with Gasteiger partial charge in [0.1, 0.15) is 0 Å². The zero-order chi connectivity index (χ0) is 14.2. The summed E-state index contributed by atoms with van der Waals surface area (Å²) in [5.41, 5.74) is 4.59. The summed E-state index contributed by atoms with van der Waals surface area (Å²) in [5.74, 6) is 0.651. The molecule has 2 nitrogen and oxygen atoms in total. The normalized spacial score (nSPS) is 20.4. The Hall–Kier alpha value is -1.05. The van der Waals surface area contributed by atoms with Gasteiger partial charge in [-0.1, -0.05) is 25.0 Å². The van der Waals surface area contributed by atoms with Crippen molar-refractivity contribution in [1.82, 2.24) is 4.90 Å². The molecule has 0 radical (unpaired) electrons. The fourth-order valence-corrected chi connectivity index (χ4v) is 2.90. The van der Waals surface area contributed by atoms with Crippen molar-refractivity contribution in [2.45, 2.75) is 67.5 Å². The Balaban J connectivity index is 3.51. The minimum absolute atomic E-state index is 0.208. The molecular weight excluding hydrogens is 222 g/mol. The van der Waals surface area contributed by atoms with Gasteiger partial charge in [-0.15, -0.1) is 0 Å². The van der Waals surface area contributed by atoms with Crippen LogP contribution in [-0.4, -0.2) is 22.9 Å². The second-order valence-electron chi connectivity index (χ2n) is 6.28. The van der Waals surface area contributed by atoms with Crippen molar-refractivity contribution in [2.75, 3.05) is 0 Å². The number of amides is 1. The highest BCUT2D eigenvalue weighted by molar-refractivity contribution is 6.03. The van der Waals surface area contributed by atoms with Gasteiger partial charge < -0.3 is 4.90 Å². The third kappa shape index (κ3) is 2.38. The maximum Gasteiger partial charge on any atom is 0.254 e. The largest absolute Gasteiger partial charge is 0.329 e. The molecule has 0 aromatic carbocycles. The Morgan fingerprint density at radius 3 is 1.78 bits per heavy atom. The van der Waals surface area contributed by atoms with Crippen molar-refractivity contribution in [1.29, 1.82) is 0 Å². The number of rotatable bonds is 2. The van der Waals surface area contributed by atoms with E-state index in [0.29, 0.717) is 5.92 Å².